The maximum absolute atomic E-state index is 13.8. The number of aliphatic hydroxyl groups is 1. The summed E-state index contributed by atoms with van der Waals surface area (Å²) in [6.45, 7) is 0. The fraction of sp³-hybridized carbons (Fsp3) is 0.538. The van der Waals surface area contributed by atoms with Gasteiger partial charge in [0, 0.05) is 5.56 Å². The van der Waals surface area contributed by atoms with Gasteiger partial charge < -0.3 is 10.8 Å². The molecule has 1 aliphatic carbocycles. The predicted octanol–water partition coefficient (Wildman–Crippen LogP) is 3.03. The molecule has 2 nitrogen and oxygen atoms in total. The third-order valence-corrected chi connectivity index (χ3v) is 3.88. The monoisotopic (exact) mass is 257 g/mol. The van der Waals surface area contributed by atoms with E-state index in [0.717, 1.165) is 25.7 Å². The van der Waals surface area contributed by atoms with Crippen LogP contribution in [0, 0.1) is 11.7 Å². The summed E-state index contributed by atoms with van der Waals surface area (Å²) >= 11 is 5.71. The largest absolute Gasteiger partial charge is 0.391 e. The molecule has 0 spiro atoms. The molecule has 94 valence electrons. The lowest BCUT2D eigenvalue weighted by Crippen LogP contribution is -2.32. The number of halogens is 2. The molecule has 17 heavy (non-hydrogen) atoms. The van der Waals surface area contributed by atoms with Crippen LogP contribution in [0.25, 0.3) is 0 Å². The Labute approximate surface area is 106 Å². The maximum atomic E-state index is 13.8. The van der Waals surface area contributed by atoms with Gasteiger partial charge in [-0.2, -0.15) is 0 Å². The van der Waals surface area contributed by atoms with Gasteiger partial charge in [-0.1, -0.05) is 36.6 Å². The fourth-order valence-electron chi connectivity index (χ4n) is 2.55. The summed E-state index contributed by atoms with van der Waals surface area (Å²) in [6, 6.07) is 4.03. The molecule has 0 saturated heterocycles. The van der Waals surface area contributed by atoms with Crippen molar-refractivity contribution in [1.82, 2.24) is 0 Å². The van der Waals surface area contributed by atoms with E-state index in [4.69, 9.17) is 17.3 Å². The van der Waals surface area contributed by atoms with Gasteiger partial charge in [0.2, 0.25) is 0 Å². The molecule has 0 bridgehead atoms. The number of rotatable bonds is 3. The molecule has 2 rings (SSSR count). The minimum atomic E-state index is -0.697. The molecule has 1 saturated carbocycles. The summed E-state index contributed by atoms with van der Waals surface area (Å²) in [5.74, 6) is -0.331. The Morgan fingerprint density at radius 2 is 2.00 bits per heavy atom. The highest BCUT2D eigenvalue weighted by molar-refractivity contribution is 6.30. The quantitative estimate of drug-likeness (QED) is 0.874. The zero-order valence-corrected chi connectivity index (χ0v) is 10.3. The molecule has 1 aliphatic rings. The highest BCUT2D eigenvalue weighted by Crippen LogP contribution is 2.34. The molecular formula is C13H17ClFNO. The average molecular weight is 258 g/mol. The van der Waals surface area contributed by atoms with Crippen LogP contribution in [0.1, 0.15) is 37.3 Å². The molecule has 0 aromatic heterocycles. The first-order chi connectivity index (χ1) is 8.11. The Hall–Kier alpha value is -0.640. The Bertz CT molecular complexity index is 393. The smallest absolute Gasteiger partial charge is 0.146 e. The summed E-state index contributed by atoms with van der Waals surface area (Å²) in [5.41, 5.74) is 6.24. The number of hydrogen-bond acceptors (Lipinski definition) is 2. The Kier molecular flexibility index (Phi) is 4.02. The van der Waals surface area contributed by atoms with Crippen LogP contribution < -0.4 is 5.73 Å². The Morgan fingerprint density at radius 3 is 2.65 bits per heavy atom. The molecule has 0 radical (unpaired) electrons. The molecule has 0 aliphatic heterocycles. The summed E-state index contributed by atoms with van der Waals surface area (Å²) < 4.78 is 13.8. The van der Waals surface area contributed by atoms with Crippen molar-refractivity contribution in [2.75, 3.05) is 0 Å². The summed E-state index contributed by atoms with van der Waals surface area (Å²) in [4.78, 5) is 0. The lowest BCUT2D eigenvalue weighted by Gasteiger charge is -2.25. The molecule has 1 aromatic carbocycles. The Morgan fingerprint density at radius 1 is 1.35 bits per heavy atom. The normalized spacial score (nSPS) is 20.5. The lowest BCUT2D eigenvalue weighted by molar-refractivity contribution is 0.0833. The molecule has 3 N–H and O–H groups in total. The molecule has 0 amide bonds. The molecule has 1 fully saturated rings. The average Bonchev–Trinajstić information content (AvgIpc) is 2.84. The van der Waals surface area contributed by atoms with Gasteiger partial charge in [-0.05, 0) is 24.8 Å². The van der Waals surface area contributed by atoms with Crippen LogP contribution in [0.4, 0.5) is 4.39 Å². The first-order valence-corrected chi connectivity index (χ1v) is 6.36. The fourth-order valence-corrected chi connectivity index (χ4v) is 2.74. The van der Waals surface area contributed by atoms with Crippen LogP contribution in [0.3, 0.4) is 0 Å². The van der Waals surface area contributed by atoms with Crippen molar-refractivity contribution in [3.05, 3.63) is 34.6 Å². The van der Waals surface area contributed by atoms with Gasteiger partial charge in [-0.25, -0.2) is 4.39 Å². The second-order valence-corrected chi connectivity index (χ2v) is 5.11. The van der Waals surface area contributed by atoms with Crippen molar-refractivity contribution in [2.24, 2.45) is 11.7 Å². The van der Waals surface area contributed by atoms with Gasteiger partial charge in [-0.3, -0.25) is 0 Å². The van der Waals surface area contributed by atoms with Gasteiger partial charge in [0.25, 0.3) is 0 Å². The SMILES string of the molecule is N[C@H](c1cccc(Cl)c1F)[C@@H](O)C1CCCC1. The number of aliphatic hydroxyl groups excluding tert-OH is 1. The highest BCUT2D eigenvalue weighted by atomic mass is 35.5. The van der Waals surface area contributed by atoms with E-state index >= 15 is 0 Å². The second kappa shape index (κ2) is 5.34. The van der Waals surface area contributed by atoms with Crippen molar-refractivity contribution < 1.29 is 9.50 Å². The van der Waals surface area contributed by atoms with Crippen LogP contribution in [0.5, 0.6) is 0 Å². The van der Waals surface area contributed by atoms with Crippen molar-refractivity contribution in [2.45, 2.75) is 37.8 Å². The predicted molar refractivity (Wildman–Crippen MR) is 66.3 cm³/mol. The molecular weight excluding hydrogens is 241 g/mol. The summed E-state index contributed by atoms with van der Waals surface area (Å²) in [5, 5.41) is 10.2. The van der Waals surface area contributed by atoms with Crippen LogP contribution >= 0.6 is 11.6 Å². The summed E-state index contributed by atoms with van der Waals surface area (Å²) in [7, 11) is 0. The van der Waals surface area contributed by atoms with E-state index in [9.17, 15) is 9.50 Å². The van der Waals surface area contributed by atoms with Crippen LogP contribution in [-0.2, 0) is 0 Å². The third-order valence-electron chi connectivity index (χ3n) is 3.59. The third kappa shape index (κ3) is 2.62. The van der Waals surface area contributed by atoms with Crippen molar-refractivity contribution >= 4 is 11.6 Å². The zero-order chi connectivity index (χ0) is 12.4. The second-order valence-electron chi connectivity index (χ2n) is 4.70. The van der Waals surface area contributed by atoms with Gasteiger partial charge in [0.1, 0.15) is 5.82 Å². The van der Waals surface area contributed by atoms with E-state index in [2.05, 4.69) is 0 Å². The van der Waals surface area contributed by atoms with Gasteiger partial charge >= 0.3 is 0 Å². The van der Waals surface area contributed by atoms with Crippen molar-refractivity contribution in [3.8, 4) is 0 Å². The van der Waals surface area contributed by atoms with Crippen LogP contribution in [-0.4, -0.2) is 11.2 Å². The van der Waals surface area contributed by atoms with Gasteiger partial charge in [0.15, 0.2) is 0 Å². The van der Waals surface area contributed by atoms with Gasteiger partial charge in [-0.15, -0.1) is 0 Å². The molecule has 4 heteroatoms. The standard InChI is InChI=1S/C13H17ClFNO/c14-10-7-3-6-9(11(10)15)12(16)13(17)8-4-1-2-5-8/h3,6-8,12-13,17H,1-2,4-5,16H2/t12-,13+/m1/s1. The number of hydrogen-bond donors (Lipinski definition) is 2. The molecule has 1 aromatic rings. The van der Waals surface area contributed by atoms with Crippen LogP contribution in [0.2, 0.25) is 5.02 Å². The van der Waals surface area contributed by atoms with E-state index in [0.29, 0.717) is 5.56 Å². The van der Waals surface area contributed by atoms with E-state index in [1.807, 2.05) is 0 Å². The Balaban J connectivity index is 2.18. The van der Waals surface area contributed by atoms with Crippen LogP contribution in [0.15, 0.2) is 18.2 Å². The maximum Gasteiger partial charge on any atom is 0.146 e. The van der Waals surface area contributed by atoms with Crippen molar-refractivity contribution in [3.63, 3.8) is 0 Å². The van der Waals surface area contributed by atoms with E-state index in [-0.39, 0.29) is 10.9 Å². The molecule has 2 atom stereocenters. The highest BCUT2D eigenvalue weighted by Gasteiger charge is 2.30. The molecule has 0 heterocycles. The topological polar surface area (TPSA) is 46.2 Å². The minimum Gasteiger partial charge on any atom is -0.391 e. The summed E-state index contributed by atoms with van der Waals surface area (Å²) in [6.07, 6.45) is 3.48. The van der Waals surface area contributed by atoms with E-state index in [1.165, 1.54) is 6.07 Å². The van der Waals surface area contributed by atoms with E-state index in [1.54, 1.807) is 12.1 Å². The number of benzene rings is 1. The first-order valence-electron chi connectivity index (χ1n) is 5.99. The lowest BCUT2D eigenvalue weighted by atomic mass is 9.91. The first kappa shape index (κ1) is 12.8. The minimum absolute atomic E-state index is 0.0524. The van der Waals surface area contributed by atoms with Crippen molar-refractivity contribution in [1.29, 1.82) is 0 Å². The zero-order valence-electron chi connectivity index (χ0n) is 9.57. The van der Waals surface area contributed by atoms with E-state index < -0.39 is 18.0 Å². The molecule has 0 unspecified atom stereocenters. The number of nitrogens with two attached hydrogens (primary N) is 1. The van der Waals surface area contributed by atoms with Gasteiger partial charge in [0.05, 0.1) is 17.2 Å².